The molecule has 1 saturated heterocycles. The molecular weight excluding hydrogens is 405 g/mol. The summed E-state index contributed by atoms with van der Waals surface area (Å²) in [6.45, 7) is 7.12. The van der Waals surface area contributed by atoms with Gasteiger partial charge in [-0.3, -0.25) is 4.79 Å². The van der Waals surface area contributed by atoms with E-state index in [1.165, 1.54) is 0 Å². The lowest BCUT2D eigenvalue weighted by Gasteiger charge is -2.39. The maximum absolute atomic E-state index is 13.9. The van der Waals surface area contributed by atoms with Crippen LogP contribution in [0.4, 0.5) is 19.0 Å². The molecular formula is C23H33F3N4O. The Morgan fingerprint density at radius 3 is 2.61 bits per heavy atom. The first kappa shape index (κ1) is 22.2. The van der Waals surface area contributed by atoms with Crippen LogP contribution in [0.3, 0.4) is 0 Å². The second-order valence-electron chi connectivity index (χ2n) is 10.4. The van der Waals surface area contributed by atoms with Gasteiger partial charge in [0.1, 0.15) is 5.82 Å². The normalized spacial score (nSPS) is 29.4. The summed E-state index contributed by atoms with van der Waals surface area (Å²) in [7, 11) is 0. The van der Waals surface area contributed by atoms with Crippen molar-refractivity contribution in [3.8, 4) is 0 Å². The average molecular weight is 439 g/mol. The molecule has 8 heteroatoms. The van der Waals surface area contributed by atoms with Gasteiger partial charge < -0.3 is 10.2 Å². The van der Waals surface area contributed by atoms with Gasteiger partial charge in [0.2, 0.25) is 5.91 Å². The zero-order valence-electron chi connectivity index (χ0n) is 18.6. The minimum atomic E-state index is -4.35. The third-order valence-corrected chi connectivity index (χ3v) is 7.02. The predicted octanol–water partition coefficient (Wildman–Crippen LogP) is 5.28. The number of aromatic nitrogens is 2. The van der Waals surface area contributed by atoms with Gasteiger partial charge in [-0.2, -0.15) is 18.3 Å². The lowest BCUT2D eigenvalue weighted by Crippen LogP contribution is -2.45. The summed E-state index contributed by atoms with van der Waals surface area (Å²) in [6.07, 6.45) is 4.08. The second-order valence-corrected chi connectivity index (χ2v) is 10.4. The maximum Gasteiger partial charge on any atom is 0.410 e. The number of alkyl halides is 3. The molecule has 0 bridgehead atoms. The summed E-state index contributed by atoms with van der Waals surface area (Å²) < 4.78 is 42.7. The molecule has 4 atom stereocenters. The summed E-state index contributed by atoms with van der Waals surface area (Å²) in [5.74, 6) is 0.614. The fourth-order valence-corrected chi connectivity index (χ4v) is 5.06. The van der Waals surface area contributed by atoms with Crippen molar-refractivity contribution in [2.24, 2.45) is 11.3 Å². The zero-order chi connectivity index (χ0) is 22.4. The van der Waals surface area contributed by atoms with E-state index in [0.717, 1.165) is 43.3 Å². The lowest BCUT2D eigenvalue weighted by atomic mass is 9.82. The molecule has 3 aliphatic rings. The molecule has 0 spiro atoms. The molecule has 1 aliphatic carbocycles. The van der Waals surface area contributed by atoms with Crippen LogP contribution in [-0.4, -0.2) is 45.9 Å². The number of allylic oxidation sites excluding steroid dienone is 2. The monoisotopic (exact) mass is 438 g/mol. The Morgan fingerprint density at radius 2 is 1.97 bits per heavy atom. The molecule has 3 heterocycles. The van der Waals surface area contributed by atoms with Gasteiger partial charge in [0.15, 0.2) is 6.04 Å². The van der Waals surface area contributed by atoms with Crippen molar-refractivity contribution in [1.82, 2.24) is 14.7 Å². The van der Waals surface area contributed by atoms with E-state index >= 15 is 0 Å². The third-order valence-electron chi connectivity index (χ3n) is 7.02. The Bertz CT molecular complexity index is 839. The number of carbonyl (C=O) groups excluding carboxylic acids is 1. The van der Waals surface area contributed by atoms with Crippen molar-refractivity contribution >= 4 is 11.7 Å². The van der Waals surface area contributed by atoms with Gasteiger partial charge in [-0.25, -0.2) is 4.68 Å². The van der Waals surface area contributed by atoms with Gasteiger partial charge >= 0.3 is 6.18 Å². The summed E-state index contributed by atoms with van der Waals surface area (Å²) in [5.41, 5.74) is 0.356. The molecule has 4 rings (SSSR count). The van der Waals surface area contributed by atoms with Crippen LogP contribution in [0, 0.1) is 11.3 Å². The number of amides is 1. The predicted molar refractivity (Wildman–Crippen MR) is 114 cm³/mol. The van der Waals surface area contributed by atoms with Gasteiger partial charge in [0.25, 0.3) is 0 Å². The number of nitrogens with zero attached hydrogens (tertiary/aromatic N) is 3. The number of halogens is 3. The first-order valence-electron chi connectivity index (χ1n) is 11.4. The SMILES string of the molecule is CC(C)(C)[C@H]1C[C@@H](C(F)(F)F)n2nc([C@@H]3CCCN(C(=O)[C@H]4CC=CCC4)C3)cc2N1. The van der Waals surface area contributed by atoms with E-state index in [-0.39, 0.29) is 35.6 Å². The van der Waals surface area contributed by atoms with Crippen LogP contribution < -0.4 is 5.32 Å². The molecule has 1 N–H and O–H groups in total. The number of rotatable bonds is 2. The quantitative estimate of drug-likeness (QED) is 0.639. The molecule has 0 aromatic carbocycles. The first-order chi connectivity index (χ1) is 14.5. The van der Waals surface area contributed by atoms with E-state index in [4.69, 9.17) is 0 Å². The number of carbonyl (C=O) groups is 1. The molecule has 1 aromatic heterocycles. The lowest BCUT2D eigenvalue weighted by molar-refractivity contribution is -0.175. The second kappa shape index (κ2) is 8.17. The fraction of sp³-hybridized carbons (Fsp3) is 0.739. The molecule has 0 saturated carbocycles. The van der Waals surface area contributed by atoms with E-state index in [9.17, 15) is 18.0 Å². The summed E-state index contributed by atoms with van der Waals surface area (Å²) in [4.78, 5) is 14.9. The van der Waals surface area contributed by atoms with Crippen LogP contribution in [0.1, 0.15) is 76.9 Å². The van der Waals surface area contributed by atoms with Crippen LogP contribution in [0.5, 0.6) is 0 Å². The fourth-order valence-electron chi connectivity index (χ4n) is 5.06. The third kappa shape index (κ3) is 4.62. The number of fused-ring (bicyclic) bond motifs is 1. The van der Waals surface area contributed by atoms with Crippen molar-refractivity contribution in [3.05, 3.63) is 23.9 Å². The average Bonchev–Trinajstić information content (AvgIpc) is 3.16. The summed E-state index contributed by atoms with van der Waals surface area (Å²) in [5, 5.41) is 7.73. The zero-order valence-corrected chi connectivity index (χ0v) is 18.6. The Labute approximate surface area is 182 Å². The Balaban J connectivity index is 1.55. The number of hydrogen-bond donors (Lipinski definition) is 1. The van der Waals surface area contributed by atoms with Crippen LogP contribution >= 0.6 is 0 Å². The van der Waals surface area contributed by atoms with Crippen LogP contribution in [-0.2, 0) is 4.79 Å². The Kier molecular flexibility index (Phi) is 5.85. The molecule has 0 radical (unpaired) electrons. The van der Waals surface area contributed by atoms with Gasteiger partial charge in [-0.05, 0) is 43.9 Å². The number of anilines is 1. The number of hydrogen-bond acceptors (Lipinski definition) is 3. The molecule has 1 aromatic rings. The number of piperidine rings is 1. The van der Waals surface area contributed by atoms with Crippen LogP contribution in [0.2, 0.25) is 0 Å². The molecule has 31 heavy (non-hydrogen) atoms. The van der Waals surface area contributed by atoms with Gasteiger partial charge in [0.05, 0.1) is 5.69 Å². The number of likely N-dealkylation sites (tertiary alicyclic amines) is 1. The van der Waals surface area contributed by atoms with E-state index < -0.39 is 12.2 Å². The first-order valence-corrected chi connectivity index (χ1v) is 11.4. The van der Waals surface area contributed by atoms with E-state index in [0.29, 0.717) is 18.1 Å². The largest absolute Gasteiger partial charge is 0.410 e. The molecule has 1 fully saturated rings. The Morgan fingerprint density at radius 1 is 1.19 bits per heavy atom. The highest BCUT2D eigenvalue weighted by Gasteiger charge is 2.48. The highest BCUT2D eigenvalue weighted by atomic mass is 19.4. The summed E-state index contributed by atoms with van der Waals surface area (Å²) in [6, 6.07) is -0.143. The van der Waals surface area contributed by atoms with Crippen molar-refractivity contribution in [3.63, 3.8) is 0 Å². The van der Waals surface area contributed by atoms with Gasteiger partial charge in [-0.1, -0.05) is 32.9 Å². The highest BCUT2D eigenvalue weighted by Crippen LogP contribution is 2.44. The van der Waals surface area contributed by atoms with E-state index in [1.807, 2.05) is 25.7 Å². The maximum atomic E-state index is 13.9. The van der Waals surface area contributed by atoms with Crippen LogP contribution in [0.25, 0.3) is 0 Å². The van der Waals surface area contributed by atoms with Crippen molar-refractivity contribution < 1.29 is 18.0 Å². The minimum absolute atomic E-state index is 0.0290. The summed E-state index contributed by atoms with van der Waals surface area (Å²) >= 11 is 0. The molecule has 0 unspecified atom stereocenters. The van der Waals surface area contributed by atoms with Gasteiger partial charge in [0, 0.05) is 37.0 Å². The minimum Gasteiger partial charge on any atom is -0.367 e. The smallest absolute Gasteiger partial charge is 0.367 e. The van der Waals surface area contributed by atoms with Gasteiger partial charge in [-0.15, -0.1) is 0 Å². The van der Waals surface area contributed by atoms with Crippen molar-refractivity contribution in [1.29, 1.82) is 0 Å². The standard InChI is InChI=1S/C23H33F3N4O/c1-22(2,3)18-13-19(23(24,25)26)30-20(27-18)12-17(28-30)16-10-7-11-29(14-16)21(31)15-8-5-4-6-9-15/h4-5,12,15-16,18-19,27H,6-11,13-14H2,1-3H3/t15-,16+,18+,19-/m0/s1. The Hall–Kier alpha value is -1.99. The van der Waals surface area contributed by atoms with Crippen molar-refractivity contribution in [2.45, 2.75) is 83.5 Å². The van der Waals surface area contributed by atoms with Crippen molar-refractivity contribution in [2.75, 3.05) is 18.4 Å². The number of nitrogens with one attached hydrogen (secondary N) is 1. The van der Waals surface area contributed by atoms with E-state index in [2.05, 4.69) is 22.6 Å². The molecule has 5 nitrogen and oxygen atoms in total. The molecule has 2 aliphatic heterocycles. The van der Waals surface area contributed by atoms with E-state index in [1.54, 1.807) is 6.07 Å². The molecule has 1 amide bonds. The topological polar surface area (TPSA) is 50.2 Å². The van der Waals surface area contributed by atoms with Crippen LogP contribution in [0.15, 0.2) is 18.2 Å². The highest BCUT2D eigenvalue weighted by molar-refractivity contribution is 5.79. The molecule has 172 valence electrons.